The van der Waals surface area contributed by atoms with Gasteiger partial charge in [0.25, 0.3) is 0 Å². The Bertz CT molecular complexity index is 881. The van der Waals surface area contributed by atoms with Gasteiger partial charge in [-0.15, -0.1) is 0 Å². The molecule has 1 aliphatic rings. The normalized spacial score (nSPS) is 16.7. The summed E-state index contributed by atoms with van der Waals surface area (Å²) in [6.45, 7) is 3.31. The summed E-state index contributed by atoms with van der Waals surface area (Å²) in [5.74, 6) is -0.00392. The summed E-state index contributed by atoms with van der Waals surface area (Å²) in [7, 11) is -2.25. The van der Waals surface area contributed by atoms with Gasteiger partial charge in [-0.3, -0.25) is 0 Å². The lowest BCUT2D eigenvalue weighted by molar-refractivity contribution is 0.0729. The highest BCUT2D eigenvalue weighted by molar-refractivity contribution is 7.89. The minimum Gasteiger partial charge on any atom is -0.495 e. The number of halogens is 1. The lowest BCUT2D eigenvalue weighted by Gasteiger charge is -2.27. The van der Waals surface area contributed by atoms with Gasteiger partial charge in [-0.25, -0.2) is 12.8 Å². The highest BCUT2D eigenvalue weighted by atomic mass is 32.2. The van der Waals surface area contributed by atoms with Crippen molar-refractivity contribution in [3.05, 3.63) is 53.8 Å². The molecule has 146 valence electrons. The van der Waals surface area contributed by atoms with E-state index in [4.69, 9.17) is 9.47 Å². The third kappa shape index (κ3) is 4.40. The number of methoxy groups -OCH3 is 1. The third-order valence-corrected chi connectivity index (χ3v) is 6.42. The first-order valence-electron chi connectivity index (χ1n) is 8.70. The lowest BCUT2D eigenvalue weighted by atomic mass is 10.1. The molecule has 0 radical (unpaired) electrons. The zero-order chi connectivity index (χ0) is 19.4. The van der Waals surface area contributed by atoms with Crippen LogP contribution in [-0.2, 0) is 14.8 Å². The maximum atomic E-state index is 13.1. The van der Waals surface area contributed by atoms with E-state index in [9.17, 15) is 12.8 Å². The molecule has 0 amide bonds. The van der Waals surface area contributed by atoms with Crippen LogP contribution >= 0.6 is 0 Å². The average Bonchev–Trinajstić information content (AvgIpc) is 2.69. The Labute approximate surface area is 159 Å². The van der Waals surface area contributed by atoms with Crippen molar-refractivity contribution in [3.8, 4) is 5.75 Å². The number of hydrogen-bond donors (Lipinski definition) is 1. The number of nitrogens with one attached hydrogen (secondary N) is 1. The maximum absolute atomic E-state index is 13.1. The van der Waals surface area contributed by atoms with Gasteiger partial charge < -0.3 is 14.8 Å². The molecule has 0 aromatic heterocycles. The molecule has 27 heavy (non-hydrogen) atoms. The van der Waals surface area contributed by atoms with Crippen molar-refractivity contribution in [2.45, 2.75) is 17.9 Å². The van der Waals surface area contributed by atoms with E-state index in [0.717, 1.165) is 5.56 Å². The third-order valence-electron chi connectivity index (χ3n) is 4.50. The summed E-state index contributed by atoms with van der Waals surface area (Å²) in [6.07, 6.45) is 0. The zero-order valence-electron chi connectivity index (χ0n) is 15.3. The van der Waals surface area contributed by atoms with Crippen LogP contribution in [0.15, 0.2) is 47.4 Å². The van der Waals surface area contributed by atoms with Crippen LogP contribution < -0.4 is 10.1 Å². The predicted octanol–water partition coefficient (Wildman–Crippen LogP) is 3.03. The van der Waals surface area contributed by atoms with Gasteiger partial charge >= 0.3 is 0 Å². The fourth-order valence-electron chi connectivity index (χ4n) is 2.98. The molecule has 0 bridgehead atoms. The Morgan fingerprint density at radius 2 is 1.81 bits per heavy atom. The van der Waals surface area contributed by atoms with E-state index in [1.165, 1.54) is 23.5 Å². The zero-order valence-corrected chi connectivity index (χ0v) is 16.1. The summed E-state index contributed by atoms with van der Waals surface area (Å²) in [5, 5.41) is 3.26. The number of sulfonamides is 1. The molecule has 1 heterocycles. The summed E-state index contributed by atoms with van der Waals surface area (Å²) in [5.41, 5.74) is 1.53. The highest BCUT2D eigenvalue weighted by Gasteiger charge is 2.29. The number of nitrogens with zero attached hydrogens (tertiary/aromatic N) is 1. The monoisotopic (exact) mass is 394 g/mol. The van der Waals surface area contributed by atoms with Crippen LogP contribution in [0, 0.1) is 5.82 Å². The molecular formula is C19H23FN2O4S. The summed E-state index contributed by atoms with van der Waals surface area (Å²) in [4.78, 5) is 0.114. The molecule has 1 aliphatic heterocycles. The smallest absolute Gasteiger partial charge is 0.246 e. The molecule has 3 rings (SSSR count). The first kappa shape index (κ1) is 19.6. The van der Waals surface area contributed by atoms with E-state index >= 15 is 0 Å². The molecule has 0 aliphatic carbocycles. The lowest BCUT2D eigenvalue weighted by Crippen LogP contribution is -2.40. The second-order valence-electron chi connectivity index (χ2n) is 6.30. The summed E-state index contributed by atoms with van der Waals surface area (Å²) >= 11 is 0. The Balaban J connectivity index is 1.87. The first-order chi connectivity index (χ1) is 12.9. The predicted molar refractivity (Wildman–Crippen MR) is 101 cm³/mol. The number of hydrogen-bond acceptors (Lipinski definition) is 5. The second-order valence-corrected chi connectivity index (χ2v) is 8.21. The van der Waals surface area contributed by atoms with Crippen LogP contribution in [0.1, 0.15) is 18.5 Å². The molecule has 6 nitrogen and oxygen atoms in total. The number of benzene rings is 2. The molecule has 1 N–H and O–H groups in total. The molecule has 0 spiro atoms. The van der Waals surface area contributed by atoms with E-state index in [2.05, 4.69) is 5.32 Å². The van der Waals surface area contributed by atoms with Gasteiger partial charge in [-0.1, -0.05) is 12.1 Å². The summed E-state index contributed by atoms with van der Waals surface area (Å²) in [6, 6.07) is 11.0. The second kappa shape index (κ2) is 8.24. The minimum absolute atomic E-state index is 0.114. The average molecular weight is 394 g/mol. The Morgan fingerprint density at radius 1 is 1.15 bits per heavy atom. The van der Waals surface area contributed by atoms with Crippen molar-refractivity contribution in [2.24, 2.45) is 0 Å². The van der Waals surface area contributed by atoms with Gasteiger partial charge in [-0.2, -0.15) is 4.31 Å². The van der Waals surface area contributed by atoms with Gasteiger partial charge in [0.05, 0.1) is 20.3 Å². The number of ether oxygens (including phenoxy) is 2. The molecule has 0 saturated carbocycles. The summed E-state index contributed by atoms with van der Waals surface area (Å²) < 4.78 is 51.1. The fraction of sp³-hybridized carbons (Fsp3) is 0.368. The fourth-order valence-corrected chi connectivity index (χ4v) is 4.57. The van der Waals surface area contributed by atoms with Crippen molar-refractivity contribution in [1.82, 2.24) is 4.31 Å². The van der Waals surface area contributed by atoms with Crippen LogP contribution in [0.3, 0.4) is 0 Å². The largest absolute Gasteiger partial charge is 0.495 e. The molecule has 2 aromatic carbocycles. The van der Waals surface area contributed by atoms with E-state index in [-0.39, 0.29) is 16.8 Å². The van der Waals surface area contributed by atoms with Gasteiger partial charge in [0.15, 0.2) is 0 Å². The van der Waals surface area contributed by atoms with E-state index in [1.54, 1.807) is 30.3 Å². The van der Waals surface area contributed by atoms with Crippen molar-refractivity contribution in [3.63, 3.8) is 0 Å². The van der Waals surface area contributed by atoms with Crippen LogP contribution in [0.5, 0.6) is 5.75 Å². The number of morpholine rings is 1. The van der Waals surface area contributed by atoms with Crippen LogP contribution in [0.4, 0.5) is 10.1 Å². The Hall–Kier alpha value is -2.16. The SMILES string of the molecule is COc1ccc(N[C@@H](C)c2ccc(F)cc2)cc1S(=O)(=O)N1CCOCC1. The van der Waals surface area contributed by atoms with E-state index in [0.29, 0.717) is 37.7 Å². The van der Waals surface area contributed by atoms with E-state index in [1.807, 2.05) is 6.92 Å². The van der Waals surface area contributed by atoms with Crippen molar-refractivity contribution in [1.29, 1.82) is 0 Å². The quantitative estimate of drug-likeness (QED) is 0.816. The van der Waals surface area contributed by atoms with Crippen molar-refractivity contribution < 1.29 is 22.3 Å². The minimum atomic E-state index is -3.69. The first-order valence-corrected chi connectivity index (χ1v) is 10.1. The van der Waals surface area contributed by atoms with Gasteiger partial charge in [0.2, 0.25) is 10.0 Å². The Morgan fingerprint density at radius 3 is 2.44 bits per heavy atom. The topological polar surface area (TPSA) is 67.9 Å². The van der Waals surface area contributed by atoms with Crippen LogP contribution in [0.2, 0.25) is 0 Å². The van der Waals surface area contributed by atoms with Crippen molar-refractivity contribution >= 4 is 15.7 Å². The molecule has 1 atom stereocenters. The number of anilines is 1. The molecule has 0 unspecified atom stereocenters. The van der Waals surface area contributed by atoms with Gasteiger partial charge in [-0.05, 0) is 42.8 Å². The van der Waals surface area contributed by atoms with E-state index < -0.39 is 10.0 Å². The van der Waals surface area contributed by atoms with Gasteiger partial charge in [0.1, 0.15) is 16.5 Å². The molecule has 2 aromatic rings. The van der Waals surface area contributed by atoms with Crippen LogP contribution in [-0.4, -0.2) is 46.1 Å². The molecule has 1 fully saturated rings. The maximum Gasteiger partial charge on any atom is 0.246 e. The van der Waals surface area contributed by atoms with Crippen LogP contribution in [0.25, 0.3) is 0 Å². The van der Waals surface area contributed by atoms with Crippen molar-refractivity contribution in [2.75, 3.05) is 38.7 Å². The van der Waals surface area contributed by atoms with Gasteiger partial charge in [0, 0.05) is 24.8 Å². The standard InChI is InChI=1S/C19H23FN2O4S/c1-14(15-3-5-16(20)6-4-15)21-17-7-8-18(25-2)19(13-17)27(23,24)22-9-11-26-12-10-22/h3-8,13-14,21H,9-12H2,1-2H3/t14-/m0/s1. The molecular weight excluding hydrogens is 371 g/mol. The number of rotatable bonds is 6. The Kier molecular flexibility index (Phi) is 5.98. The molecule has 1 saturated heterocycles. The molecule has 8 heteroatoms. The highest BCUT2D eigenvalue weighted by Crippen LogP contribution is 2.31.